The van der Waals surface area contributed by atoms with Gasteiger partial charge in [-0.2, -0.15) is 13.2 Å². The van der Waals surface area contributed by atoms with E-state index in [0.717, 1.165) is 26.1 Å². The molecule has 1 saturated heterocycles. The van der Waals surface area contributed by atoms with Gasteiger partial charge in [0.05, 0.1) is 0 Å². The summed E-state index contributed by atoms with van der Waals surface area (Å²) in [5, 5.41) is 8.81. The summed E-state index contributed by atoms with van der Waals surface area (Å²) >= 11 is 0.551. The summed E-state index contributed by atoms with van der Waals surface area (Å²) in [6, 6.07) is 0. The SMILES string of the molecule is FC(F)(F)c1nnc(NCCCN2CCCC2)s1. The first-order valence-corrected chi connectivity index (χ1v) is 6.74. The molecule has 1 aliphatic heterocycles. The van der Waals surface area contributed by atoms with E-state index >= 15 is 0 Å². The highest BCUT2D eigenvalue weighted by Crippen LogP contribution is 2.32. The van der Waals surface area contributed by atoms with E-state index in [0.29, 0.717) is 17.9 Å². The average Bonchev–Trinajstić information content (AvgIpc) is 2.95. The highest BCUT2D eigenvalue weighted by Gasteiger charge is 2.35. The molecule has 18 heavy (non-hydrogen) atoms. The summed E-state index contributed by atoms with van der Waals surface area (Å²) in [7, 11) is 0. The number of hydrogen-bond acceptors (Lipinski definition) is 5. The topological polar surface area (TPSA) is 41.1 Å². The maximum absolute atomic E-state index is 12.3. The Balaban J connectivity index is 1.68. The fourth-order valence-electron chi connectivity index (χ4n) is 1.91. The molecular formula is C10H15F3N4S. The summed E-state index contributed by atoms with van der Waals surface area (Å²) in [5.74, 6) is 0. The van der Waals surface area contributed by atoms with Gasteiger partial charge in [-0.15, -0.1) is 10.2 Å². The van der Waals surface area contributed by atoms with Crippen LogP contribution in [0.1, 0.15) is 24.3 Å². The molecule has 0 saturated carbocycles. The van der Waals surface area contributed by atoms with Crippen LogP contribution in [0.15, 0.2) is 0 Å². The monoisotopic (exact) mass is 280 g/mol. The molecule has 0 spiro atoms. The Morgan fingerprint density at radius 1 is 1.22 bits per heavy atom. The van der Waals surface area contributed by atoms with Crippen LogP contribution in [0.3, 0.4) is 0 Å². The molecule has 1 fully saturated rings. The van der Waals surface area contributed by atoms with E-state index < -0.39 is 11.2 Å². The first kappa shape index (κ1) is 13.5. The average molecular weight is 280 g/mol. The lowest BCUT2D eigenvalue weighted by Gasteiger charge is -2.13. The lowest BCUT2D eigenvalue weighted by molar-refractivity contribution is -0.138. The molecule has 0 amide bonds. The number of likely N-dealkylation sites (tertiary alicyclic amines) is 1. The largest absolute Gasteiger partial charge is 0.445 e. The summed E-state index contributed by atoms with van der Waals surface area (Å²) in [6.07, 6.45) is -0.994. The van der Waals surface area contributed by atoms with Crippen molar-refractivity contribution in [1.82, 2.24) is 15.1 Å². The first-order chi connectivity index (χ1) is 8.55. The van der Waals surface area contributed by atoms with Gasteiger partial charge in [0.2, 0.25) is 10.1 Å². The lowest BCUT2D eigenvalue weighted by Crippen LogP contribution is -2.22. The summed E-state index contributed by atoms with van der Waals surface area (Å²) in [5.41, 5.74) is 0. The Morgan fingerprint density at radius 2 is 1.94 bits per heavy atom. The van der Waals surface area contributed by atoms with Gasteiger partial charge in [0, 0.05) is 6.54 Å². The van der Waals surface area contributed by atoms with Gasteiger partial charge in [-0.25, -0.2) is 0 Å². The van der Waals surface area contributed by atoms with Crippen LogP contribution in [0.5, 0.6) is 0 Å². The molecule has 0 aliphatic carbocycles. The zero-order valence-corrected chi connectivity index (χ0v) is 10.7. The van der Waals surface area contributed by atoms with Crippen molar-refractivity contribution >= 4 is 16.5 Å². The molecule has 102 valence electrons. The molecular weight excluding hydrogens is 265 g/mol. The standard InChI is InChI=1S/C10H15F3N4S/c11-10(12,13)8-15-16-9(18-8)14-4-3-7-17-5-1-2-6-17/h1-7H2,(H,14,16). The molecule has 0 unspecified atom stereocenters. The highest BCUT2D eigenvalue weighted by atomic mass is 32.1. The second kappa shape index (κ2) is 5.83. The molecule has 0 aromatic carbocycles. The van der Waals surface area contributed by atoms with Gasteiger partial charge in [0.25, 0.3) is 0 Å². The predicted octanol–water partition coefficient (Wildman–Crippen LogP) is 2.45. The Morgan fingerprint density at radius 3 is 2.56 bits per heavy atom. The summed E-state index contributed by atoms with van der Waals surface area (Å²) < 4.78 is 36.8. The van der Waals surface area contributed by atoms with Crippen molar-refractivity contribution in [3.63, 3.8) is 0 Å². The summed E-state index contributed by atoms with van der Waals surface area (Å²) in [4.78, 5) is 2.36. The molecule has 4 nitrogen and oxygen atoms in total. The number of halogens is 3. The van der Waals surface area contributed by atoms with Crippen molar-refractivity contribution in [2.75, 3.05) is 31.5 Å². The third kappa shape index (κ3) is 3.81. The van der Waals surface area contributed by atoms with Gasteiger partial charge in [0.15, 0.2) is 0 Å². The van der Waals surface area contributed by atoms with Crippen molar-refractivity contribution in [2.24, 2.45) is 0 Å². The van der Waals surface area contributed by atoms with Crippen molar-refractivity contribution in [3.05, 3.63) is 5.01 Å². The molecule has 1 N–H and O–H groups in total. The lowest BCUT2D eigenvalue weighted by atomic mass is 10.4. The fourth-order valence-corrected chi connectivity index (χ4v) is 2.55. The van der Waals surface area contributed by atoms with Crippen molar-refractivity contribution in [1.29, 1.82) is 0 Å². The van der Waals surface area contributed by atoms with Crippen molar-refractivity contribution in [3.8, 4) is 0 Å². The second-order valence-corrected chi connectivity index (χ2v) is 5.22. The van der Waals surface area contributed by atoms with Crippen molar-refractivity contribution < 1.29 is 13.2 Å². The zero-order valence-electron chi connectivity index (χ0n) is 9.83. The van der Waals surface area contributed by atoms with Gasteiger partial charge in [-0.1, -0.05) is 11.3 Å². The van der Waals surface area contributed by atoms with E-state index in [1.165, 1.54) is 12.8 Å². The minimum atomic E-state index is -4.40. The van der Waals surface area contributed by atoms with Crippen LogP contribution in [-0.4, -0.2) is 41.3 Å². The van der Waals surface area contributed by atoms with Gasteiger partial charge in [-0.3, -0.25) is 0 Å². The van der Waals surface area contributed by atoms with Crippen molar-refractivity contribution in [2.45, 2.75) is 25.4 Å². The fraction of sp³-hybridized carbons (Fsp3) is 0.800. The van der Waals surface area contributed by atoms with E-state index in [9.17, 15) is 13.2 Å². The Bertz CT molecular complexity index is 373. The van der Waals surface area contributed by atoms with Crippen LogP contribution in [-0.2, 0) is 6.18 Å². The van der Waals surface area contributed by atoms with Gasteiger partial charge < -0.3 is 10.2 Å². The van der Waals surface area contributed by atoms with E-state index in [-0.39, 0.29) is 5.13 Å². The van der Waals surface area contributed by atoms with Crippen LogP contribution < -0.4 is 5.32 Å². The number of aromatic nitrogens is 2. The van der Waals surface area contributed by atoms with E-state index in [1.807, 2.05) is 0 Å². The minimum Gasteiger partial charge on any atom is -0.360 e. The zero-order chi connectivity index (χ0) is 13.0. The van der Waals surface area contributed by atoms with Crippen LogP contribution in [0, 0.1) is 0 Å². The Labute approximate surface area is 107 Å². The van der Waals surface area contributed by atoms with Crippen LogP contribution in [0.2, 0.25) is 0 Å². The van der Waals surface area contributed by atoms with Crippen LogP contribution in [0.25, 0.3) is 0 Å². The van der Waals surface area contributed by atoms with Crippen LogP contribution >= 0.6 is 11.3 Å². The maximum Gasteiger partial charge on any atom is 0.445 e. The quantitative estimate of drug-likeness (QED) is 0.841. The molecule has 1 aromatic rings. The summed E-state index contributed by atoms with van der Waals surface area (Å²) in [6.45, 7) is 3.88. The molecule has 1 aliphatic rings. The molecule has 2 heterocycles. The van der Waals surface area contributed by atoms with Gasteiger partial charge in [-0.05, 0) is 38.9 Å². The Hall–Kier alpha value is -0.890. The van der Waals surface area contributed by atoms with Gasteiger partial charge >= 0.3 is 6.18 Å². The molecule has 0 bridgehead atoms. The smallest absolute Gasteiger partial charge is 0.360 e. The number of rotatable bonds is 5. The minimum absolute atomic E-state index is 0.240. The third-order valence-corrected chi connectivity index (χ3v) is 3.72. The molecule has 8 heteroatoms. The first-order valence-electron chi connectivity index (χ1n) is 5.92. The molecule has 1 aromatic heterocycles. The molecule has 0 atom stereocenters. The number of alkyl halides is 3. The molecule has 0 radical (unpaired) electrons. The van der Waals surface area contributed by atoms with E-state index in [2.05, 4.69) is 20.4 Å². The van der Waals surface area contributed by atoms with E-state index in [4.69, 9.17) is 0 Å². The predicted molar refractivity (Wildman–Crippen MR) is 63.7 cm³/mol. The van der Waals surface area contributed by atoms with E-state index in [1.54, 1.807) is 0 Å². The highest BCUT2D eigenvalue weighted by molar-refractivity contribution is 7.15. The number of anilines is 1. The normalized spacial score (nSPS) is 17.3. The Kier molecular flexibility index (Phi) is 4.39. The number of nitrogens with zero attached hydrogens (tertiary/aromatic N) is 3. The maximum atomic E-state index is 12.3. The number of nitrogens with one attached hydrogen (secondary N) is 1. The van der Waals surface area contributed by atoms with Gasteiger partial charge in [0.1, 0.15) is 0 Å². The third-order valence-electron chi connectivity index (χ3n) is 2.79. The molecule has 2 rings (SSSR count). The van der Waals surface area contributed by atoms with Crippen LogP contribution in [0.4, 0.5) is 18.3 Å². The second-order valence-electron chi connectivity index (χ2n) is 4.24. The number of hydrogen-bond donors (Lipinski definition) is 1.